The summed E-state index contributed by atoms with van der Waals surface area (Å²) in [7, 11) is 0. The molecule has 4 heteroatoms. The molecule has 0 fully saturated rings. The molecule has 0 atom stereocenters. The lowest BCUT2D eigenvalue weighted by atomic mass is 10.1. The second kappa shape index (κ2) is 5.13. The standard InChI is InChI=1S/C16H14BrN3/c1-10-8-12(17)3-5-14(10)20-15-4-2-11-9-19-7-6-13(11)16(15)18/h2-9,20H,18H2,1H3. The molecule has 0 unspecified atom stereocenters. The third-order valence-corrected chi connectivity index (χ3v) is 3.81. The van der Waals surface area contributed by atoms with Gasteiger partial charge in [0.15, 0.2) is 0 Å². The minimum atomic E-state index is 0.743. The maximum absolute atomic E-state index is 6.25. The Balaban J connectivity index is 2.04. The highest BCUT2D eigenvalue weighted by atomic mass is 79.9. The van der Waals surface area contributed by atoms with Gasteiger partial charge in [-0.15, -0.1) is 0 Å². The van der Waals surface area contributed by atoms with Crippen molar-refractivity contribution in [2.45, 2.75) is 6.92 Å². The summed E-state index contributed by atoms with van der Waals surface area (Å²) in [6.07, 6.45) is 3.58. The Morgan fingerprint density at radius 2 is 1.90 bits per heavy atom. The van der Waals surface area contributed by atoms with Crippen LogP contribution in [0.1, 0.15) is 5.56 Å². The third-order valence-electron chi connectivity index (χ3n) is 3.32. The molecule has 1 heterocycles. The number of nitrogens with zero attached hydrogens (tertiary/aromatic N) is 1. The number of aryl methyl sites for hydroxylation is 1. The second-order valence-electron chi connectivity index (χ2n) is 4.71. The van der Waals surface area contributed by atoms with Crippen LogP contribution < -0.4 is 11.1 Å². The van der Waals surface area contributed by atoms with E-state index in [0.717, 1.165) is 37.9 Å². The lowest BCUT2D eigenvalue weighted by Gasteiger charge is -2.13. The van der Waals surface area contributed by atoms with Gasteiger partial charge in [-0.1, -0.05) is 22.0 Å². The van der Waals surface area contributed by atoms with E-state index in [1.807, 2.05) is 36.5 Å². The molecule has 0 bridgehead atoms. The SMILES string of the molecule is Cc1cc(Br)ccc1Nc1ccc2cnccc2c1N. The van der Waals surface area contributed by atoms with E-state index in [0.29, 0.717) is 0 Å². The molecular formula is C16H14BrN3. The van der Waals surface area contributed by atoms with Crippen LogP contribution >= 0.6 is 15.9 Å². The summed E-state index contributed by atoms with van der Waals surface area (Å²) in [6.45, 7) is 2.06. The van der Waals surface area contributed by atoms with E-state index in [1.165, 1.54) is 0 Å². The number of aromatic nitrogens is 1. The molecule has 0 spiro atoms. The van der Waals surface area contributed by atoms with Crippen LogP contribution in [0.2, 0.25) is 0 Å². The van der Waals surface area contributed by atoms with Crippen molar-refractivity contribution in [1.82, 2.24) is 4.98 Å². The molecule has 1 aromatic heterocycles. The Kier molecular flexibility index (Phi) is 3.32. The summed E-state index contributed by atoms with van der Waals surface area (Å²) >= 11 is 3.47. The molecule has 0 aliphatic carbocycles. The van der Waals surface area contributed by atoms with E-state index in [2.05, 4.69) is 39.2 Å². The van der Waals surface area contributed by atoms with Gasteiger partial charge >= 0.3 is 0 Å². The average molecular weight is 328 g/mol. The first kappa shape index (κ1) is 12.9. The summed E-state index contributed by atoms with van der Waals surface area (Å²) in [5.74, 6) is 0. The number of nitrogens with two attached hydrogens (primary N) is 1. The highest BCUT2D eigenvalue weighted by Gasteiger charge is 2.06. The first-order valence-corrected chi connectivity index (χ1v) is 7.10. The van der Waals surface area contributed by atoms with Crippen LogP contribution in [0.5, 0.6) is 0 Å². The molecule has 20 heavy (non-hydrogen) atoms. The first-order chi connectivity index (χ1) is 9.65. The maximum Gasteiger partial charge on any atom is 0.0634 e. The number of nitrogens with one attached hydrogen (secondary N) is 1. The zero-order valence-corrected chi connectivity index (χ0v) is 12.6. The third kappa shape index (κ3) is 2.34. The summed E-state index contributed by atoms with van der Waals surface area (Å²) in [6, 6.07) is 12.1. The molecular weight excluding hydrogens is 314 g/mol. The monoisotopic (exact) mass is 327 g/mol. The van der Waals surface area contributed by atoms with Gasteiger partial charge in [-0.2, -0.15) is 0 Å². The Labute approximate surface area is 126 Å². The highest BCUT2D eigenvalue weighted by Crippen LogP contribution is 2.31. The number of hydrogen-bond donors (Lipinski definition) is 2. The van der Waals surface area contributed by atoms with Gasteiger partial charge in [0.25, 0.3) is 0 Å². The molecule has 3 N–H and O–H groups in total. The van der Waals surface area contributed by atoms with Crippen molar-refractivity contribution in [3.8, 4) is 0 Å². The largest absolute Gasteiger partial charge is 0.397 e. The normalized spacial score (nSPS) is 10.7. The molecule has 100 valence electrons. The van der Waals surface area contributed by atoms with Crippen LogP contribution in [-0.4, -0.2) is 4.98 Å². The van der Waals surface area contributed by atoms with E-state index in [9.17, 15) is 0 Å². The summed E-state index contributed by atoms with van der Waals surface area (Å²) in [5.41, 5.74) is 10.1. The maximum atomic E-state index is 6.25. The second-order valence-corrected chi connectivity index (χ2v) is 5.62. The number of fused-ring (bicyclic) bond motifs is 1. The number of anilines is 3. The smallest absolute Gasteiger partial charge is 0.0634 e. The Hall–Kier alpha value is -2.07. The molecule has 2 aromatic carbocycles. The molecule has 0 aliphatic heterocycles. The molecule has 0 saturated heterocycles. The van der Waals surface area contributed by atoms with Crippen molar-refractivity contribution in [3.63, 3.8) is 0 Å². The molecule has 0 saturated carbocycles. The van der Waals surface area contributed by atoms with Crippen LogP contribution in [-0.2, 0) is 0 Å². The number of halogens is 1. The first-order valence-electron chi connectivity index (χ1n) is 6.30. The summed E-state index contributed by atoms with van der Waals surface area (Å²) in [4.78, 5) is 4.11. The topological polar surface area (TPSA) is 50.9 Å². The van der Waals surface area contributed by atoms with E-state index in [-0.39, 0.29) is 0 Å². The van der Waals surface area contributed by atoms with Crippen LogP contribution in [0.3, 0.4) is 0 Å². The van der Waals surface area contributed by atoms with Crippen LogP contribution in [0, 0.1) is 6.92 Å². The number of rotatable bonds is 2. The lowest BCUT2D eigenvalue weighted by Crippen LogP contribution is -1.98. The number of nitrogen functional groups attached to an aromatic ring is 1. The van der Waals surface area contributed by atoms with Gasteiger partial charge in [0.1, 0.15) is 0 Å². The van der Waals surface area contributed by atoms with E-state index < -0.39 is 0 Å². The summed E-state index contributed by atoms with van der Waals surface area (Å²) < 4.78 is 1.07. The minimum absolute atomic E-state index is 0.743. The zero-order chi connectivity index (χ0) is 14.1. The minimum Gasteiger partial charge on any atom is -0.397 e. The van der Waals surface area contributed by atoms with Crippen molar-refractivity contribution in [1.29, 1.82) is 0 Å². The predicted octanol–water partition coefficient (Wildman–Crippen LogP) is 4.63. The zero-order valence-electron chi connectivity index (χ0n) is 11.0. The van der Waals surface area contributed by atoms with Crippen molar-refractivity contribution in [2.24, 2.45) is 0 Å². The molecule has 3 nitrogen and oxygen atoms in total. The fraction of sp³-hybridized carbons (Fsp3) is 0.0625. The van der Waals surface area contributed by atoms with Crippen molar-refractivity contribution in [3.05, 3.63) is 58.8 Å². The van der Waals surface area contributed by atoms with Gasteiger partial charge in [0.2, 0.25) is 0 Å². The van der Waals surface area contributed by atoms with Gasteiger partial charge in [-0.25, -0.2) is 0 Å². The molecule has 0 radical (unpaired) electrons. The van der Waals surface area contributed by atoms with Gasteiger partial charge in [0.05, 0.1) is 11.4 Å². The van der Waals surface area contributed by atoms with Crippen molar-refractivity contribution in [2.75, 3.05) is 11.1 Å². The quantitative estimate of drug-likeness (QED) is 0.674. The molecule has 3 rings (SSSR count). The fourth-order valence-electron chi connectivity index (χ4n) is 2.21. The Bertz CT molecular complexity index is 784. The van der Waals surface area contributed by atoms with Gasteiger partial charge < -0.3 is 11.1 Å². The van der Waals surface area contributed by atoms with E-state index in [4.69, 9.17) is 5.73 Å². The molecule has 3 aromatic rings. The van der Waals surface area contributed by atoms with Crippen LogP contribution in [0.25, 0.3) is 10.8 Å². The highest BCUT2D eigenvalue weighted by molar-refractivity contribution is 9.10. The van der Waals surface area contributed by atoms with E-state index >= 15 is 0 Å². The van der Waals surface area contributed by atoms with Gasteiger partial charge in [-0.05, 0) is 42.8 Å². The lowest BCUT2D eigenvalue weighted by molar-refractivity contribution is 1.36. The Morgan fingerprint density at radius 1 is 1.10 bits per heavy atom. The predicted molar refractivity (Wildman–Crippen MR) is 88.3 cm³/mol. The number of hydrogen-bond acceptors (Lipinski definition) is 3. The van der Waals surface area contributed by atoms with Crippen molar-refractivity contribution < 1.29 is 0 Å². The van der Waals surface area contributed by atoms with Gasteiger partial charge in [-0.3, -0.25) is 4.98 Å². The Morgan fingerprint density at radius 3 is 2.70 bits per heavy atom. The number of benzene rings is 2. The number of pyridine rings is 1. The van der Waals surface area contributed by atoms with Crippen LogP contribution in [0.15, 0.2) is 53.3 Å². The summed E-state index contributed by atoms with van der Waals surface area (Å²) in [5, 5.41) is 5.45. The fourth-order valence-corrected chi connectivity index (χ4v) is 2.69. The molecule has 0 aliphatic rings. The van der Waals surface area contributed by atoms with Crippen LogP contribution in [0.4, 0.5) is 17.1 Å². The molecule has 0 amide bonds. The van der Waals surface area contributed by atoms with E-state index in [1.54, 1.807) is 6.20 Å². The van der Waals surface area contributed by atoms with Crippen molar-refractivity contribution >= 4 is 43.8 Å². The average Bonchev–Trinajstić information content (AvgIpc) is 2.45. The van der Waals surface area contributed by atoms with Gasteiger partial charge in [0, 0.05) is 33.3 Å².